The maximum Gasteiger partial charge on any atom is 0.220 e. The van der Waals surface area contributed by atoms with Crippen molar-refractivity contribution in [2.75, 3.05) is 20.6 Å². The number of amides is 1. The Morgan fingerprint density at radius 3 is 2.59 bits per heavy atom. The van der Waals surface area contributed by atoms with Gasteiger partial charge in [-0.05, 0) is 51.1 Å². The predicted octanol–water partition coefficient (Wildman–Crippen LogP) is 3.91. The molecule has 0 bridgehead atoms. The molecule has 0 saturated carbocycles. The molecule has 27 heavy (non-hydrogen) atoms. The van der Waals surface area contributed by atoms with Crippen LogP contribution >= 0.6 is 11.3 Å². The maximum atomic E-state index is 12.2. The first kappa shape index (κ1) is 19.5. The van der Waals surface area contributed by atoms with E-state index in [9.17, 15) is 4.79 Å². The van der Waals surface area contributed by atoms with Gasteiger partial charge in [-0.25, -0.2) is 4.98 Å². The predicted molar refractivity (Wildman–Crippen MR) is 113 cm³/mol. The van der Waals surface area contributed by atoms with Crippen LogP contribution in [0.4, 0.5) is 0 Å². The molecular weight excluding hydrogens is 354 g/mol. The Morgan fingerprint density at radius 1 is 1.11 bits per heavy atom. The van der Waals surface area contributed by atoms with Crippen LogP contribution in [0.1, 0.15) is 23.4 Å². The third kappa shape index (κ3) is 5.88. The van der Waals surface area contributed by atoms with E-state index < -0.39 is 0 Å². The molecule has 1 amide bonds. The van der Waals surface area contributed by atoms with Gasteiger partial charge in [-0.1, -0.05) is 42.5 Å². The Kier molecular flexibility index (Phi) is 6.96. The normalized spacial score (nSPS) is 12.4. The average molecular weight is 382 g/mol. The van der Waals surface area contributed by atoms with Crippen molar-refractivity contribution in [2.45, 2.75) is 31.7 Å². The maximum absolute atomic E-state index is 12.2. The van der Waals surface area contributed by atoms with Crippen LogP contribution in [0.25, 0.3) is 10.2 Å². The summed E-state index contributed by atoms with van der Waals surface area (Å²) in [4.78, 5) is 19.0. The quantitative estimate of drug-likeness (QED) is 0.611. The number of hydrogen-bond acceptors (Lipinski definition) is 4. The molecule has 0 aliphatic carbocycles. The summed E-state index contributed by atoms with van der Waals surface area (Å²) < 4.78 is 1.21. The van der Waals surface area contributed by atoms with E-state index in [1.807, 2.05) is 24.3 Å². The van der Waals surface area contributed by atoms with Crippen molar-refractivity contribution in [1.29, 1.82) is 0 Å². The number of rotatable bonds is 9. The van der Waals surface area contributed by atoms with Gasteiger partial charge >= 0.3 is 0 Å². The zero-order valence-electron chi connectivity index (χ0n) is 16.0. The summed E-state index contributed by atoms with van der Waals surface area (Å²) in [7, 11) is 4.12. The molecule has 142 valence electrons. The van der Waals surface area contributed by atoms with E-state index in [0.29, 0.717) is 19.0 Å². The SMILES string of the molecule is CN(C)C(CNC(=O)CCCc1nc2ccccc2s1)Cc1ccccc1. The van der Waals surface area contributed by atoms with Gasteiger partial charge in [0.1, 0.15) is 0 Å². The fourth-order valence-corrected chi connectivity index (χ4v) is 4.08. The summed E-state index contributed by atoms with van der Waals surface area (Å²) in [6, 6.07) is 18.9. The summed E-state index contributed by atoms with van der Waals surface area (Å²) in [5.41, 5.74) is 2.35. The third-order valence-corrected chi connectivity index (χ3v) is 5.81. The molecule has 2 aromatic carbocycles. The van der Waals surface area contributed by atoms with Crippen molar-refractivity contribution in [1.82, 2.24) is 15.2 Å². The minimum absolute atomic E-state index is 0.121. The van der Waals surface area contributed by atoms with Gasteiger partial charge in [-0.2, -0.15) is 0 Å². The monoisotopic (exact) mass is 381 g/mol. The van der Waals surface area contributed by atoms with Crippen molar-refractivity contribution < 1.29 is 4.79 Å². The molecule has 0 saturated heterocycles. The zero-order chi connectivity index (χ0) is 19.1. The number of thiazole rings is 1. The topological polar surface area (TPSA) is 45.2 Å². The van der Waals surface area contributed by atoms with Crippen molar-refractivity contribution >= 4 is 27.5 Å². The number of para-hydroxylation sites is 1. The van der Waals surface area contributed by atoms with E-state index in [1.165, 1.54) is 10.3 Å². The molecule has 0 fully saturated rings. The number of fused-ring (bicyclic) bond motifs is 1. The molecule has 0 aliphatic rings. The van der Waals surface area contributed by atoms with Crippen LogP contribution in [0.2, 0.25) is 0 Å². The van der Waals surface area contributed by atoms with Crippen molar-refractivity contribution in [3.05, 3.63) is 65.2 Å². The third-order valence-electron chi connectivity index (χ3n) is 4.71. The second kappa shape index (κ2) is 9.62. The highest BCUT2D eigenvalue weighted by atomic mass is 32.1. The van der Waals surface area contributed by atoms with Gasteiger partial charge in [0, 0.05) is 19.0 Å². The molecule has 3 rings (SSSR count). The molecule has 4 nitrogen and oxygen atoms in total. The number of benzene rings is 2. The number of carbonyl (C=O) groups is 1. The Hall–Kier alpha value is -2.24. The van der Waals surface area contributed by atoms with Crippen LogP contribution in [0.15, 0.2) is 54.6 Å². The molecule has 3 aromatic rings. The van der Waals surface area contributed by atoms with Crippen LogP contribution < -0.4 is 5.32 Å². The summed E-state index contributed by atoms with van der Waals surface area (Å²) in [5, 5.41) is 4.21. The van der Waals surface area contributed by atoms with Crippen LogP contribution in [-0.2, 0) is 17.6 Å². The van der Waals surface area contributed by atoms with Crippen molar-refractivity contribution in [2.24, 2.45) is 0 Å². The second-order valence-electron chi connectivity index (χ2n) is 7.04. The largest absolute Gasteiger partial charge is 0.355 e. The first-order valence-corrected chi connectivity index (χ1v) is 10.2. The fraction of sp³-hybridized carbons (Fsp3) is 0.364. The Balaban J connectivity index is 1.42. The molecular formula is C22H27N3OS. The van der Waals surface area contributed by atoms with E-state index >= 15 is 0 Å². The number of nitrogens with zero attached hydrogens (tertiary/aromatic N) is 2. The van der Waals surface area contributed by atoms with E-state index in [2.05, 4.69) is 59.6 Å². The standard InChI is InChI=1S/C22H27N3OS/c1-25(2)18(15-17-9-4-3-5-10-17)16-23-21(26)13-8-14-22-24-19-11-6-7-12-20(19)27-22/h3-7,9-12,18H,8,13-16H2,1-2H3,(H,23,26). The lowest BCUT2D eigenvalue weighted by Crippen LogP contribution is -2.41. The smallest absolute Gasteiger partial charge is 0.220 e. The Morgan fingerprint density at radius 2 is 1.85 bits per heavy atom. The van der Waals surface area contributed by atoms with Crippen molar-refractivity contribution in [3.63, 3.8) is 0 Å². The molecule has 0 aliphatic heterocycles. The zero-order valence-corrected chi connectivity index (χ0v) is 16.8. The Bertz CT molecular complexity index is 827. The highest BCUT2D eigenvalue weighted by molar-refractivity contribution is 7.18. The van der Waals surface area contributed by atoms with Gasteiger partial charge in [0.05, 0.1) is 15.2 Å². The van der Waals surface area contributed by atoms with E-state index in [1.54, 1.807) is 11.3 Å². The average Bonchev–Trinajstić information content (AvgIpc) is 3.08. The van der Waals surface area contributed by atoms with Gasteiger partial charge in [-0.15, -0.1) is 11.3 Å². The second-order valence-corrected chi connectivity index (χ2v) is 8.16. The molecule has 1 atom stereocenters. The lowest BCUT2D eigenvalue weighted by molar-refractivity contribution is -0.121. The number of likely N-dealkylation sites (N-methyl/N-ethyl adjacent to an activating group) is 1. The van der Waals surface area contributed by atoms with Gasteiger partial charge in [0.15, 0.2) is 0 Å². The lowest BCUT2D eigenvalue weighted by Gasteiger charge is -2.24. The van der Waals surface area contributed by atoms with Gasteiger partial charge in [-0.3, -0.25) is 4.79 Å². The molecule has 1 N–H and O–H groups in total. The van der Waals surface area contributed by atoms with Gasteiger partial charge in [0.2, 0.25) is 5.91 Å². The fourth-order valence-electron chi connectivity index (χ4n) is 3.07. The first-order valence-electron chi connectivity index (χ1n) is 9.43. The van der Waals surface area contributed by atoms with Gasteiger partial charge < -0.3 is 10.2 Å². The summed E-state index contributed by atoms with van der Waals surface area (Å²) in [6.07, 6.45) is 3.16. The minimum Gasteiger partial charge on any atom is -0.355 e. The summed E-state index contributed by atoms with van der Waals surface area (Å²) in [6.45, 7) is 0.669. The molecule has 0 radical (unpaired) electrons. The van der Waals surface area contributed by atoms with Crippen molar-refractivity contribution in [3.8, 4) is 0 Å². The highest BCUT2D eigenvalue weighted by Crippen LogP contribution is 2.22. The van der Waals surface area contributed by atoms with Crippen LogP contribution in [0.5, 0.6) is 0 Å². The Labute approximate surface area is 165 Å². The summed E-state index contributed by atoms with van der Waals surface area (Å²) >= 11 is 1.72. The minimum atomic E-state index is 0.121. The molecule has 0 spiro atoms. The van der Waals surface area contributed by atoms with Crippen LogP contribution in [0.3, 0.4) is 0 Å². The number of hydrogen-bond donors (Lipinski definition) is 1. The number of aromatic nitrogens is 1. The number of aryl methyl sites for hydroxylation is 1. The lowest BCUT2D eigenvalue weighted by atomic mass is 10.1. The summed E-state index contributed by atoms with van der Waals surface area (Å²) in [5.74, 6) is 0.121. The first-order chi connectivity index (χ1) is 13.1. The van der Waals surface area contributed by atoms with E-state index in [0.717, 1.165) is 29.8 Å². The van der Waals surface area contributed by atoms with Crippen LogP contribution in [0, 0.1) is 0 Å². The van der Waals surface area contributed by atoms with E-state index in [-0.39, 0.29) is 5.91 Å². The van der Waals surface area contributed by atoms with Crippen LogP contribution in [-0.4, -0.2) is 42.5 Å². The highest BCUT2D eigenvalue weighted by Gasteiger charge is 2.14. The van der Waals surface area contributed by atoms with E-state index in [4.69, 9.17) is 0 Å². The molecule has 5 heteroatoms. The number of carbonyl (C=O) groups excluding carboxylic acids is 1. The number of nitrogens with one attached hydrogen (secondary N) is 1. The molecule has 1 heterocycles. The van der Waals surface area contributed by atoms with Gasteiger partial charge in [0.25, 0.3) is 0 Å². The molecule has 1 aromatic heterocycles. The molecule has 1 unspecified atom stereocenters.